The van der Waals surface area contributed by atoms with E-state index in [2.05, 4.69) is 0 Å². The van der Waals surface area contributed by atoms with Crippen LogP contribution in [0.2, 0.25) is 0 Å². The van der Waals surface area contributed by atoms with Crippen LogP contribution in [0.4, 0.5) is 0 Å². The highest BCUT2D eigenvalue weighted by molar-refractivity contribution is 6.08. The topological polar surface area (TPSA) is 95.0 Å². The fourth-order valence-electron chi connectivity index (χ4n) is 4.67. The molecule has 0 spiro atoms. The van der Waals surface area contributed by atoms with E-state index in [1.54, 1.807) is 0 Å². The molecule has 23 heavy (non-hydrogen) atoms. The van der Waals surface area contributed by atoms with Crippen molar-refractivity contribution in [2.45, 2.75) is 25.3 Å². The van der Waals surface area contributed by atoms with Gasteiger partial charge in [-0.3, -0.25) is 19.3 Å². The molecule has 3 amide bonds. The molecule has 2 saturated heterocycles. The summed E-state index contributed by atoms with van der Waals surface area (Å²) in [4.78, 5) is 51.0. The van der Waals surface area contributed by atoms with Crippen LogP contribution in [0.1, 0.15) is 19.3 Å². The van der Waals surface area contributed by atoms with Gasteiger partial charge in [0.05, 0.1) is 11.8 Å². The maximum absolute atomic E-state index is 12.5. The first-order valence-corrected chi connectivity index (χ1v) is 8.05. The number of nitrogens with zero attached hydrogens (tertiary/aromatic N) is 2. The Bertz CT molecular complexity index is 612. The largest absolute Gasteiger partial charge is 0.480 e. The second-order valence-electron chi connectivity index (χ2n) is 6.85. The number of carbonyl (C=O) groups is 4. The number of allylic oxidation sites excluding steroid dienone is 2. The maximum Gasteiger partial charge on any atom is 0.326 e. The molecule has 2 bridgehead atoms. The van der Waals surface area contributed by atoms with Gasteiger partial charge in [-0.15, -0.1) is 0 Å². The summed E-state index contributed by atoms with van der Waals surface area (Å²) < 4.78 is 0. The summed E-state index contributed by atoms with van der Waals surface area (Å²) in [6.07, 6.45) is 5.90. The van der Waals surface area contributed by atoms with Crippen molar-refractivity contribution in [1.29, 1.82) is 0 Å². The van der Waals surface area contributed by atoms with E-state index in [0.29, 0.717) is 19.4 Å². The van der Waals surface area contributed by atoms with Gasteiger partial charge in [0, 0.05) is 6.54 Å². The Morgan fingerprint density at radius 3 is 2.30 bits per heavy atom. The van der Waals surface area contributed by atoms with E-state index in [0.717, 1.165) is 11.3 Å². The van der Waals surface area contributed by atoms with E-state index in [9.17, 15) is 19.2 Å². The normalized spacial score (nSPS) is 37.8. The Labute approximate surface area is 132 Å². The van der Waals surface area contributed by atoms with Gasteiger partial charge in [0.15, 0.2) is 0 Å². The van der Waals surface area contributed by atoms with Gasteiger partial charge in [-0.2, -0.15) is 0 Å². The number of carboxylic acid groups (broad SMARTS) is 1. The van der Waals surface area contributed by atoms with Crippen molar-refractivity contribution in [3.8, 4) is 0 Å². The summed E-state index contributed by atoms with van der Waals surface area (Å²) in [5.74, 6) is -2.43. The first-order chi connectivity index (χ1) is 11.0. The number of hydrogen-bond donors (Lipinski definition) is 1. The Kier molecular flexibility index (Phi) is 3.08. The SMILES string of the molecule is O=C(O)[C@@H]1CCCN1C(=O)CN1C(=O)[C@@H]2[C@H](C1=O)[C@H]1C=C[C@H]2C1. The number of carbonyl (C=O) groups excluding carboxylic acids is 3. The molecule has 0 aromatic rings. The summed E-state index contributed by atoms with van der Waals surface area (Å²) in [5, 5.41) is 9.16. The van der Waals surface area contributed by atoms with E-state index in [1.807, 2.05) is 12.2 Å². The minimum absolute atomic E-state index is 0.111. The van der Waals surface area contributed by atoms with E-state index in [4.69, 9.17) is 5.11 Å². The molecule has 0 unspecified atom stereocenters. The van der Waals surface area contributed by atoms with Crippen molar-refractivity contribution >= 4 is 23.7 Å². The van der Waals surface area contributed by atoms with Gasteiger partial charge in [0.2, 0.25) is 17.7 Å². The smallest absolute Gasteiger partial charge is 0.326 e. The van der Waals surface area contributed by atoms with Crippen LogP contribution < -0.4 is 0 Å². The minimum atomic E-state index is -1.03. The van der Waals surface area contributed by atoms with Crippen LogP contribution in [0.25, 0.3) is 0 Å². The van der Waals surface area contributed by atoms with Crippen molar-refractivity contribution in [2.24, 2.45) is 23.7 Å². The zero-order valence-electron chi connectivity index (χ0n) is 12.6. The number of rotatable bonds is 3. The zero-order valence-corrected chi connectivity index (χ0v) is 12.6. The molecule has 1 saturated carbocycles. The molecule has 0 aromatic heterocycles. The molecule has 3 fully saturated rings. The number of hydrogen-bond acceptors (Lipinski definition) is 4. The maximum atomic E-state index is 12.5. The van der Waals surface area contributed by atoms with Gasteiger partial charge in [0.25, 0.3) is 0 Å². The van der Waals surface area contributed by atoms with Gasteiger partial charge < -0.3 is 10.0 Å². The third-order valence-corrected chi connectivity index (χ3v) is 5.71. The highest BCUT2D eigenvalue weighted by Crippen LogP contribution is 2.52. The van der Waals surface area contributed by atoms with Gasteiger partial charge in [-0.25, -0.2) is 4.79 Å². The molecule has 2 heterocycles. The lowest BCUT2D eigenvalue weighted by molar-refractivity contribution is -0.151. The lowest BCUT2D eigenvalue weighted by Gasteiger charge is -2.24. The number of imide groups is 1. The molecule has 0 aromatic carbocycles. The van der Waals surface area contributed by atoms with Crippen molar-refractivity contribution in [2.75, 3.05) is 13.1 Å². The van der Waals surface area contributed by atoms with Crippen molar-refractivity contribution < 1.29 is 24.3 Å². The predicted molar refractivity (Wildman–Crippen MR) is 76.8 cm³/mol. The van der Waals surface area contributed by atoms with Crippen LogP contribution in [-0.4, -0.2) is 57.7 Å². The molecule has 7 heteroatoms. The van der Waals surface area contributed by atoms with Gasteiger partial charge >= 0.3 is 5.97 Å². The van der Waals surface area contributed by atoms with E-state index >= 15 is 0 Å². The quantitative estimate of drug-likeness (QED) is 0.578. The molecular weight excluding hydrogens is 300 g/mol. The molecule has 7 nitrogen and oxygen atoms in total. The third-order valence-electron chi connectivity index (χ3n) is 5.71. The lowest BCUT2D eigenvalue weighted by atomic mass is 9.85. The molecule has 0 radical (unpaired) electrons. The average molecular weight is 318 g/mol. The van der Waals surface area contributed by atoms with Crippen LogP contribution in [0.3, 0.4) is 0 Å². The molecule has 2 aliphatic heterocycles. The second-order valence-corrected chi connectivity index (χ2v) is 6.85. The van der Waals surface area contributed by atoms with Crippen molar-refractivity contribution in [1.82, 2.24) is 9.80 Å². The second kappa shape index (κ2) is 4.91. The Balaban J connectivity index is 1.50. The molecular formula is C16H18N2O5. The number of amides is 3. The first-order valence-electron chi connectivity index (χ1n) is 8.05. The third kappa shape index (κ3) is 1.95. The molecule has 1 N–H and O–H groups in total. The van der Waals surface area contributed by atoms with E-state index < -0.39 is 17.9 Å². The monoisotopic (exact) mass is 318 g/mol. The van der Waals surface area contributed by atoms with Crippen molar-refractivity contribution in [3.05, 3.63) is 12.2 Å². The minimum Gasteiger partial charge on any atom is -0.480 e. The van der Waals surface area contributed by atoms with Crippen LogP contribution in [-0.2, 0) is 19.2 Å². The molecule has 2 aliphatic carbocycles. The Hall–Kier alpha value is -2.18. The van der Waals surface area contributed by atoms with Crippen LogP contribution in [0, 0.1) is 23.7 Å². The summed E-state index contributed by atoms with van der Waals surface area (Å²) in [6.45, 7) is 0.0412. The van der Waals surface area contributed by atoms with E-state index in [-0.39, 0.29) is 42.0 Å². The number of carboxylic acids is 1. The van der Waals surface area contributed by atoms with Gasteiger partial charge in [-0.1, -0.05) is 12.2 Å². The fourth-order valence-corrected chi connectivity index (χ4v) is 4.67. The number of fused-ring (bicyclic) bond motifs is 5. The summed E-state index contributed by atoms with van der Waals surface area (Å²) in [5.41, 5.74) is 0. The highest BCUT2D eigenvalue weighted by atomic mass is 16.4. The van der Waals surface area contributed by atoms with Crippen molar-refractivity contribution in [3.63, 3.8) is 0 Å². The first kappa shape index (κ1) is 14.4. The van der Waals surface area contributed by atoms with E-state index in [1.165, 1.54) is 4.90 Å². The lowest BCUT2D eigenvalue weighted by Crippen LogP contribution is -2.47. The Morgan fingerprint density at radius 1 is 1.13 bits per heavy atom. The fraction of sp³-hybridized carbons (Fsp3) is 0.625. The zero-order chi connectivity index (χ0) is 16.3. The summed E-state index contributed by atoms with van der Waals surface area (Å²) in [6, 6.07) is -0.840. The van der Waals surface area contributed by atoms with Gasteiger partial charge in [-0.05, 0) is 31.1 Å². The molecule has 4 aliphatic rings. The van der Waals surface area contributed by atoms with Crippen LogP contribution in [0.15, 0.2) is 12.2 Å². The number of likely N-dealkylation sites (tertiary alicyclic amines) is 2. The highest BCUT2D eigenvalue weighted by Gasteiger charge is 2.59. The van der Waals surface area contributed by atoms with Gasteiger partial charge in [0.1, 0.15) is 12.6 Å². The van der Waals surface area contributed by atoms with Crippen LogP contribution >= 0.6 is 0 Å². The summed E-state index contributed by atoms with van der Waals surface area (Å²) in [7, 11) is 0. The predicted octanol–water partition coefficient (Wildman–Crippen LogP) is -0.131. The summed E-state index contributed by atoms with van der Waals surface area (Å²) >= 11 is 0. The van der Waals surface area contributed by atoms with Crippen LogP contribution in [0.5, 0.6) is 0 Å². The molecule has 4 rings (SSSR count). The standard InChI is InChI=1S/C16H18N2O5/c19-11(17-5-1-2-10(17)16(22)23)7-18-14(20)12-8-3-4-9(6-8)13(12)15(18)21/h3-4,8-10,12-13H,1-2,5-7H2,(H,22,23)/t8-,9-,10-,12-,13+/m0/s1. The average Bonchev–Trinajstić information content (AvgIpc) is 3.26. The number of aliphatic carboxylic acids is 1. The molecule has 5 atom stereocenters. The molecule has 122 valence electrons. The Morgan fingerprint density at radius 2 is 1.74 bits per heavy atom.